The van der Waals surface area contributed by atoms with Crippen molar-refractivity contribution in [1.82, 2.24) is 36.1 Å². The van der Waals surface area contributed by atoms with Crippen molar-refractivity contribution in [1.29, 1.82) is 0 Å². The Bertz CT molecular complexity index is 1850. The number of anilines is 4. The molecule has 0 saturated heterocycles. The van der Waals surface area contributed by atoms with Gasteiger partial charge in [0.25, 0.3) is 11.8 Å². The largest absolute Gasteiger partial charge is 0.495 e. The number of aldehydes is 1. The van der Waals surface area contributed by atoms with Crippen molar-refractivity contribution in [2.75, 3.05) is 35.8 Å². The first-order chi connectivity index (χ1) is 23.2. The number of hydrogen-bond acceptors (Lipinski definition) is 15. The lowest BCUT2D eigenvalue weighted by Crippen LogP contribution is -2.37. The molecule has 0 aliphatic carbocycles. The lowest BCUT2D eigenvalue weighted by Gasteiger charge is -2.16. The quantitative estimate of drug-likeness (QED) is 0.0181. The molecule has 19 heteroatoms. The first-order valence-electron chi connectivity index (χ1n) is 14.3. The second kappa shape index (κ2) is 16.1. The predicted molar refractivity (Wildman–Crippen MR) is 177 cm³/mol. The molecular formula is C29H34N14O5. The molecule has 0 aliphatic heterocycles. The van der Waals surface area contributed by atoms with Crippen LogP contribution in [0.15, 0.2) is 47.7 Å². The van der Waals surface area contributed by atoms with E-state index in [0.29, 0.717) is 47.5 Å². The molecule has 2 aromatic heterocycles. The number of nitrogens with two attached hydrogens (primary N) is 4. The molecule has 1 atom stereocenters. The van der Waals surface area contributed by atoms with Gasteiger partial charge in [-0.1, -0.05) is 0 Å². The average molecular weight is 659 g/mol. The number of carbonyl (C=O) groups is 4. The first kappa shape index (κ1) is 34.2. The number of nitrogens with one attached hydrogen (secondary N) is 5. The minimum absolute atomic E-state index is 0.000265. The predicted octanol–water partition coefficient (Wildman–Crippen LogP) is -0.636. The van der Waals surface area contributed by atoms with Crippen LogP contribution in [-0.2, 0) is 16.1 Å². The maximum atomic E-state index is 13.0. The molecular weight excluding hydrogens is 624 g/mol. The topological polar surface area (TPSA) is 306 Å². The molecule has 0 aliphatic rings. The zero-order valence-electron chi connectivity index (χ0n) is 25.7. The smallest absolute Gasteiger partial charge is 0.252 e. The van der Waals surface area contributed by atoms with E-state index in [1.807, 2.05) is 0 Å². The van der Waals surface area contributed by atoms with Crippen LogP contribution in [-0.4, -0.2) is 70.0 Å². The zero-order chi connectivity index (χ0) is 34.6. The average Bonchev–Trinajstić information content (AvgIpc) is 3.08. The Labute approximate surface area is 273 Å². The van der Waals surface area contributed by atoms with Gasteiger partial charge in [0, 0.05) is 23.4 Å². The van der Waals surface area contributed by atoms with Crippen molar-refractivity contribution >= 4 is 64.7 Å². The molecule has 13 N–H and O–H groups in total. The van der Waals surface area contributed by atoms with Gasteiger partial charge in [-0.2, -0.15) is 9.97 Å². The molecule has 2 heterocycles. The van der Waals surface area contributed by atoms with Crippen LogP contribution in [0.25, 0.3) is 11.2 Å². The first-order valence-corrected chi connectivity index (χ1v) is 14.3. The van der Waals surface area contributed by atoms with Crippen molar-refractivity contribution in [2.24, 2.45) is 16.7 Å². The fourth-order valence-corrected chi connectivity index (χ4v) is 4.52. The number of methoxy groups -OCH3 is 1. The number of hydrazine groups is 1. The summed E-state index contributed by atoms with van der Waals surface area (Å²) in [5.74, 6) is 4.65. The number of hydrogen-bond donors (Lipinski definition) is 9. The minimum Gasteiger partial charge on any atom is -0.495 e. The van der Waals surface area contributed by atoms with Gasteiger partial charge in [-0.25, -0.2) is 21.3 Å². The highest BCUT2D eigenvalue weighted by Crippen LogP contribution is 2.26. The van der Waals surface area contributed by atoms with E-state index in [1.54, 1.807) is 12.1 Å². The fourth-order valence-electron chi connectivity index (χ4n) is 4.52. The number of rotatable bonds is 16. The van der Waals surface area contributed by atoms with Gasteiger partial charge in [-0.15, -0.1) is 5.10 Å². The number of nitrogen functional groups attached to an aromatic ring is 2. The second-order valence-electron chi connectivity index (χ2n) is 10.0. The maximum Gasteiger partial charge on any atom is 0.252 e. The Balaban J connectivity index is 1.32. The Morgan fingerprint density at radius 3 is 2.58 bits per heavy atom. The highest BCUT2D eigenvalue weighted by molar-refractivity contribution is 6.09. The maximum absolute atomic E-state index is 13.0. The van der Waals surface area contributed by atoms with E-state index in [4.69, 9.17) is 27.8 Å². The SMILES string of the molecule is COc1cc(C(=O)NC(C=O)CCCNC(=O)c2ccc(NC=O)cc2/C(N)=N/NN)ccc1NCc1cnc2nc(N)nc(N)c2n1. The Kier molecular flexibility index (Phi) is 11.5. The van der Waals surface area contributed by atoms with Crippen LogP contribution in [0, 0.1) is 0 Å². The van der Waals surface area contributed by atoms with Gasteiger partial charge in [0.1, 0.15) is 12.0 Å². The molecule has 0 bridgehead atoms. The number of nitrogens with zero attached hydrogens (tertiary/aromatic N) is 5. The van der Waals surface area contributed by atoms with Crippen LogP contribution >= 0.6 is 0 Å². The van der Waals surface area contributed by atoms with Crippen LogP contribution < -0.4 is 54.6 Å². The van der Waals surface area contributed by atoms with E-state index in [2.05, 4.69) is 51.8 Å². The van der Waals surface area contributed by atoms with Gasteiger partial charge in [0.2, 0.25) is 12.4 Å². The molecule has 250 valence electrons. The van der Waals surface area contributed by atoms with Gasteiger partial charge in [-0.3, -0.25) is 14.4 Å². The van der Waals surface area contributed by atoms with Crippen molar-refractivity contribution < 1.29 is 23.9 Å². The molecule has 0 spiro atoms. The van der Waals surface area contributed by atoms with Crippen molar-refractivity contribution in [3.8, 4) is 5.75 Å². The number of amidine groups is 1. The third-order valence-corrected chi connectivity index (χ3v) is 6.83. The number of ether oxygens (including phenoxy) is 1. The van der Waals surface area contributed by atoms with Crippen LogP contribution in [0.5, 0.6) is 5.75 Å². The van der Waals surface area contributed by atoms with Gasteiger partial charge < -0.3 is 48.0 Å². The molecule has 2 aromatic carbocycles. The van der Waals surface area contributed by atoms with E-state index < -0.39 is 17.9 Å². The molecule has 0 saturated carbocycles. The summed E-state index contributed by atoms with van der Waals surface area (Å²) in [5, 5.41) is 14.8. The lowest BCUT2D eigenvalue weighted by atomic mass is 10.0. The van der Waals surface area contributed by atoms with Gasteiger partial charge in [-0.05, 0) is 49.2 Å². The molecule has 19 nitrogen and oxygen atoms in total. The van der Waals surface area contributed by atoms with Crippen LogP contribution in [0.2, 0.25) is 0 Å². The molecule has 0 fully saturated rings. The number of amides is 3. The number of carbonyl (C=O) groups excluding carboxylic acids is 4. The fraction of sp³-hybridized carbons (Fsp3) is 0.207. The van der Waals surface area contributed by atoms with Gasteiger partial charge >= 0.3 is 0 Å². The van der Waals surface area contributed by atoms with E-state index in [0.717, 1.165) is 0 Å². The Morgan fingerprint density at radius 1 is 1.04 bits per heavy atom. The molecule has 0 radical (unpaired) electrons. The third-order valence-electron chi connectivity index (χ3n) is 6.83. The highest BCUT2D eigenvalue weighted by Gasteiger charge is 2.18. The van der Waals surface area contributed by atoms with Gasteiger partial charge in [0.15, 0.2) is 22.8 Å². The number of benzene rings is 2. The van der Waals surface area contributed by atoms with Gasteiger partial charge in [0.05, 0.1) is 42.8 Å². The monoisotopic (exact) mass is 658 g/mol. The minimum atomic E-state index is -0.820. The molecule has 48 heavy (non-hydrogen) atoms. The highest BCUT2D eigenvalue weighted by atomic mass is 16.5. The zero-order valence-corrected chi connectivity index (χ0v) is 25.7. The molecule has 4 rings (SSSR count). The molecule has 1 unspecified atom stereocenters. The summed E-state index contributed by atoms with van der Waals surface area (Å²) >= 11 is 0. The summed E-state index contributed by atoms with van der Waals surface area (Å²) in [7, 11) is 1.46. The number of aromatic nitrogens is 4. The Hall–Kier alpha value is -6.63. The van der Waals surface area contributed by atoms with E-state index in [-0.39, 0.29) is 59.4 Å². The lowest BCUT2D eigenvalue weighted by molar-refractivity contribution is -0.109. The van der Waals surface area contributed by atoms with Crippen LogP contribution in [0.1, 0.15) is 44.8 Å². The number of hydrazone groups is 1. The third kappa shape index (κ3) is 8.54. The molecule has 4 aromatic rings. The van der Waals surface area contributed by atoms with Crippen LogP contribution in [0.4, 0.5) is 23.1 Å². The Morgan fingerprint density at radius 2 is 1.85 bits per heavy atom. The number of fused-ring (bicyclic) bond motifs is 1. The summed E-state index contributed by atoms with van der Waals surface area (Å²) in [4.78, 5) is 65.0. The summed E-state index contributed by atoms with van der Waals surface area (Å²) in [6.45, 7) is 0.427. The standard InChI is InChI=1S/C29H34N14O5/c1-48-22-9-15(4-7-21(22)35-11-18-12-36-26-23(38-18)25(31)40-29(32)41-26)27(46)39-17(13-44)3-2-8-34-28(47)19-6-5-16(37-14-45)10-20(19)24(30)42-43-33/h4-7,9-10,12-14,17,35,43H,2-3,8,11,33H2,1H3,(H2,30,42)(H,34,47)(H,37,45)(H,39,46)(H4,31,32,36,40,41). The summed E-state index contributed by atoms with van der Waals surface area (Å²) in [6.07, 6.45) is 3.23. The van der Waals surface area contributed by atoms with E-state index in [9.17, 15) is 19.2 Å². The van der Waals surface area contributed by atoms with E-state index >= 15 is 0 Å². The summed E-state index contributed by atoms with van der Waals surface area (Å²) in [6, 6.07) is 8.41. The normalized spacial score (nSPS) is 11.7. The second-order valence-corrected chi connectivity index (χ2v) is 10.0. The van der Waals surface area contributed by atoms with Crippen LogP contribution in [0.3, 0.4) is 0 Å². The van der Waals surface area contributed by atoms with Crippen molar-refractivity contribution in [3.05, 3.63) is 65.0 Å². The van der Waals surface area contributed by atoms with E-state index in [1.165, 1.54) is 37.6 Å². The van der Waals surface area contributed by atoms with Crippen molar-refractivity contribution in [2.45, 2.75) is 25.4 Å². The summed E-state index contributed by atoms with van der Waals surface area (Å²) < 4.78 is 5.47. The van der Waals surface area contributed by atoms with Crippen molar-refractivity contribution in [3.63, 3.8) is 0 Å². The summed E-state index contributed by atoms with van der Waals surface area (Å²) in [5.41, 5.74) is 22.3. The molecule has 3 amide bonds.